The third-order valence-corrected chi connectivity index (χ3v) is 3.37. The molecular formula is C13H23N5O. The van der Waals surface area contributed by atoms with Gasteiger partial charge < -0.3 is 20.3 Å². The first-order valence-corrected chi connectivity index (χ1v) is 6.80. The molecule has 19 heavy (non-hydrogen) atoms. The summed E-state index contributed by atoms with van der Waals surface area (Å²) in [5.74, 6) is 2.34. The van der Waals surface area contributed by atoms with Gasteiger partial charge in [-0.15, -0.1) is 0 Å². The van der Waals surface area contributed by atoms with Crippen molar-refractivity contribution in [3.8, 4) is 5.88 Å². The average Bonchev–Trinajstić information content (AvgIpc) is 2.64. The fraction of sp³-hybridized carbons (Fsp3) is 0.692. The molecule has 0 saturated carbocycles. The lowest BCUT2D eigenvalue weighted by molar-refractivity contribution is 0.302. The molecule has 1 fully saturated rings. The van der Waals surface area contributed by atoms with E-state index >= 15 is 0 Å². The zero-order chi connectivity index (χ0) is 13.7. The molecule has 6 heteroatoms. The molecule has 0 amide bonds. The summed E-state index contributed by atoms with van der Waals surface area (Å²) in [6, 6.07) is 1.91. The Morgan fingerprint density at radius 2 is 2.11 bits per heavy atom. The predicted molar refractivity (Wildman–Crippen MR) is 75.6 cm³/mol. The number of aryl methyl sites for hydroxylation is 1. The van der Waals surface area contributed by atoms with Crippen LogP contribution in [0, 0.1) is 6.92 Å². The van der Waals surface area contributed by atoms with E-state index in [0.717, 1.165) is 57.3 Å². The van der Waals surface area contributed by atoms with E-state index in [-0.39, 0.29) is 0 Å². The lowest BCUT2D eigenvalue weighted by Gasteiger charge is -2.22. The van der Waals surface area contributed by atoms with Gasteiger partial charge in [-0.3, -0.25) is 0 Å². The van der Waals surface area contributed by atoms with Crippen LogP contribution in [0.2, 0.25) is 0 Å². The second-order valence-corrected chi connectivity index (χ2v) is 4.79. The molecular weight excluding hydrogens is 242 g/mol. The maximum atomic E-state index is 5.62. The fourth-order valence-electron chi connectivity index (χ4n) is 2.40. The number of anilines is 1. The van der Waals surface area contributed by atoms with Gasteiger partial charge in [0.15, 0.2) is 0 Å². The van der Waals surface area contributed by atoms with Crippen LogP contribution in [0.15, 0.2) is 6.07 Å². The summed E-state index contributed by atoms with van der Waals surface area (Å²) >= 11 is 0. The molecule has 1 aliphatic heterocycles. The van der Waals surface area contributed by atoms with Crippen LogP contribution in [0.5, 0.6) is 5.88 Å². The molecule has 1 aromatic rings. The molecule has 0 spiro atoms. The lowest BCUT2D eigenvalue weighted by Crippen LogP contribution is -2.34. The van der Waals surface area contributed by atoms with Crippen LogP contribution in [-0.2, 0) is 0 Å². The van der Waals surface area contributed by atoms with Crippen LogP contribution in [-0.4, -0.2) is 61.2 Å². The smallest absolute Gasteiger partial charge is 0.218 e. The highest BCUT2D eigenvalue weighted by atomic mass is 16.5. The molecule has 1 aromatic heterocycles. The van der Waals surface area contributed by atoms with Crippen LogP contribution >= 0.6 is 0 Å². The van der Waals surface area contributed by atoms with E-state index in [1.165, 1.54) is 0 Å². The fourth-order valence-corrected chi connectivity index (χ4v) is 2.40. The highest BCUT2D eigenvalue weighted by molar-refractivity contribution is 5.42. The van der Waals surface area contributed by atoms with Gasteiger partial charge in [-0.2, -0.15) is 4.98 Å². The first-order valence-electron chi connectivity index (χ1n) is 6.80. The third-order valence-electron chi connectivity index (χ3n) is 3.37. The first kappa shape index (κ1) is 14.0. The summed E-state index contributed by atoms with van der Waals surface area (Å²) in [6.07, 6.45) is 1.13. The molecule has 0 atom stereocenters. The largest absolute Gasteiger partial charge is 0.481 e. The zero-order valence-electron chi connectivity index (χ0n) is 11.8. The summed E-state index contributed by atoms with van der Waals surface area (Å²) in [7, 11) is 1.64. The molecule has 0 bridgehead atoms. The summed E-state index contributed by atoms with van der Waals surface area (Å²) in [5, 5.41) is 0. The molecule has 0 unspecified atom stereocenters. The second-order valence-electron chi connectivity index (χ2n) is 4.79. The van der Waals surface area contributed by atoms with E-state index in [9.17, 15) is 0 Å². The SMILES string of the molecule is COc1cc(N2CCCN(CCN)CC2)nc(C)n1. The van der Waals surface area contributed by atoms with Crippen molar-refractivity contribution < 1.29 is 4.74 Å². The molecule has 0 aliphatic carbocycles. The van der Waals surface area contributed by atoms with Crippen LogP contribution in [0.1, 0.15) is 12.2 Å². The van der Waals surface area contributed by atoms with Gasteiger partial charge >= 0.3 is 0 Å². The molecule has 2 N–H and O–H groups in total. The van der Waals surface area contributed by atoms with Crippen molar-refractivity contribution >= 4 is 5.82 Å². The van der Waals surface area contributed by atoms with Gasteiger partial charge in [-0.05, 0) is 19.9 Å². The Balaban J connectivity index is 2.07. The molecule has 0 aromatic carbocycles. The van der Waals surface area contributed by atoms with E-state index in [2.05, 4.69) is 19.8 Å². The van der Waals surface area contributed by atoms with Gasteiger partial charge in [0.25, 0.3) is 0 Å². The Kier molecular flexibility index (Phi) is 4.93. The maximum Gasteiger partial charge on any atom is 0.218 e. The van der Waals surface area contributed by atoms with Gasteiger partial charge in [0.2, 0.25) is 5.88 Å². The van der Waals surface area contributed by atoms with Crippen LogP contribution in [0.3, 0.4) is 0 Å². The monoisotopic (exact) mass is 265 g/mol. The number of methoxy groups -OCH3 is 1. The summed E-state index contributed by atoms with van der Waals surface area (Å²) in [5.41, 5.74) is 5.62. The minimum Gasteiger partial charge on any atom is -0.481 e. The van der Waals surface area contributed by atoms with Gasteiger partial charge in [-0.25, -0.2) is 4.98 Å². The number of rotatable bonds is 4. The topological polar surface area (TPSA) is 67.5 Å². The first-order chi connectivity index (χ1) is 9.22. The zero-order valence-corrected chi connectivity index (χ0v) is 11.8. The Morgan fingerprint density at radius 3 is 2.84 bits per heavy atom. The highest BCUT2D eigenvalue weighted by Crippen LogP contribution is 2.18. The Bertz CT molecular complexity index is 412. The molecule has 2 rings (SSSR count). The van der Waals surface area contributed by atoms with Crippen molar-refractivity contribution in [2.24, 2.45) is 5.73 Å². The number of nitrogens with zero attached hydrogens (tertiary/aromatic N) is 4. The number of nitrogens with two attached hydrogens (primary N) is 1. The van der Waals surface area contributed by atoms with Gasteiger partial charge in [0.1, 0.15) is 11.6 Å². The molecule has 1 saturated heterocycles. The van der Waals surface area contributed by atoms with Crippen molar-refractivity contribution in [3.63, 3.8) is 0 Å². The summed E-state index contributed by atoms with van der Waals surface area (Å²) < 4.78 is 5.21. The average molecular weight is 265 g/mol. The summed E-state index contributed by atoms with van der Waals surface area (Å²) in [6.45, 7) is 7.71. The van der Waals surface area contributed by atoms with Gasteiger partial charge in [0.05, 0.1) is 7.11 Å². The van der Waals surface area contributed by atoms with Crippen LogP contribution in [0.25, 0.3) is 0 Å². The number of aromatic nitrogens is 2. The third kappa shape index (κ3) is 3.78. The van der Waals surface area contributed by atoms with E-state index in [4.69, 9.17) is 10.5 Å². The standard InChI is InChI=1S/C13H23N5O/c1-11-15-12(10-13(16-11)19-2)18-6-3-5-17(7-4-14)8-9-18/h10H,3-9,14H2,1-2H3. The molecule has 2 heterocycles. The Hall–Kier alpha value is -1.40. The van der Waals surface area contributed by atoms with E-state index in [1.54, 1.807) is 7.11 Å². The quantitative estimate of drug-likeness (QED) is 0.842. The maximum absolute atomic E-state index is 5.62. The van der Waals surface area contributed by atoms with Crippen LogP contribution < -0.4 is 15.4 Å². The van der Waals surface area contributed by atoms with Crippen molar-refractivity contribution in [3.05, 3.63) is 11.9 Å². The molecule has 6 nitrogen and oxygen atoms in total. The van der Waals surface area contributed by atoms with E-state index in [1.807, 2.05) is 13.0 Å². The van der Waals surface area contributed by atoms with Crippen molar-refractivity contribution in [1.29, 1.82) is 0 Å². The van der Waals surface area contributed by atoms with Crippen molar-refractivity contribution in [2.75, 3.05) is 51.3 Å². The van der Waals surface area contributed by atoms with E-state index < -0.39 is 0 Å². The highest BCUT2D eigenvalue weighted by Gasteiger charge is 2.16. The number of hydrogen-bond acceptors (Lipinski definition) is 6. The Labute approximate surface area is 114 Å². The van der Waals surface area contributed by atoms with E-state index in [0.29, 0.717) is 5.88 Å². The second kappa shape index (κ2) is 6.68. The van der Waals surface area contributed by atoms with Crippen molar-refractivity contribution in [1.82, 2.24) is 14.9 Å². The minimum atomic E-state index is 0.630. The Morgan fingerprint density at radius 1 is 1.26 bits per heavy atom. The van der Waals surface area contributed by atoms with Gasteiger partial charge in [0, 0.05) is 38.8 Å². The minimum absolute atomic E-state index is 0.630. The van der Waals surface area contributed by atoms with Crippen LogP contribution in [0.4, 0.5) is 5.82 Å². The predicted octanol–water partition coefficient (Wildman–Crippen LogP) is 0.264. The summed E-state index contributed by atoms with van der Waals surface area (Å²) in [4.78, 5) is 13.4. The number of ether oxygens (including phenoxy) is 1. The van der Waals surface area contributed by atoms with Gasteiger partial charge in [-0.1, -0.05) is 0 Å². The molecule has 106 valence electrons. The normalized spacial score (nSPS) is 17.3. The number of hydrogen-bond donors (Lipinski definition) is 1. The molecule has 0 radical (unpaired) electrons. The molecule has 1 aliphatic rings. The lowest BCUT2D eigenvalue weighted by atomic mass is 10.3. The van der Waals surface area contributed by atoms with Crippen molar-refractivity contribution in [2.45, 2.75) is 13.3 Å².